The van der Waals surface area contributed by atoms with Gasteiger partial charge in [0, 0.05) is 25.0 Å². The van der Waals surface area contributed by atoms with Gasteiger partial charge >= 0.3 is 0 Å². The Morgan fingerprint density at radius 1 is 1.19 bits per heavy atom. The summed E-state index contributed by atoms with van der Waals surface area (Å²) in [6, 6.07) is 13.1. The molecule has 8 nitrogen and oxygen atoms in total. The van der Waals surface area contributed by atoms with Crippen molar-refractivity contribution in [2.75, 3.05) is 10.3 Å². The minimum atomic E-state index is -0.525. The van der Waals surface area contributed by atoms with Crippen molar-refractivity contribution in [1.29, 1.82) is 0 Å². The van der Waals surface area contributed by atoms with E-state index in [9.17, 15) is 19.7 Å². The summed E-state index contributed by atoms with van der Waals surface area (Å²) >= 11 is 0. The average molecular weight is 352 g/mol. The summed E-state index contributed by atoms with van der Waals surface area (Å²) in [5.41, 5.74) is 1.69. The van der Waals surface area contributed by atoms with Crippen LogP contribution in [0.3, 0.4) is 0 Å². The Balaban J connectivity index is 1.85. The maximum absolute atomic E-state index is 12.5. The molecule has 132 valence electrons. The molecule has 8 heteroatoms. The molecule has 0 unspecified atom stereocenters. The van der Waals surface area contributed by atoms with Crippen LogP contribution < -0.4 is 10.3 Å². The van der Waals surface area contributed by atoms with E-state index in [2.05, 4.69) is 10.4 Å². The molecule has 0 atom stereocenters. The number of carbonyl (C=O) groups is 2. The molecule has 2 amide bonds. The lowest BCUT2D eigenvalue weighted by Gasteiger charge is -2.23. The van der Waals surface area contributed by atoms with Gasteiger partial charge in [0.15, 0.2) is 0 Å². The van der Waals surface area contributed by atoms with E-state index in [4.69, 9.17) is 0 Å². The fraction of sp³-hybridized carbons (Fsp3) is 0.167. The first-order chi connectivity index (χ1) is 12.5. The number of non-ortho nitro benzene ring substituents is 1. The normalized spacial score (nSPS) is 14.0. The summed E-state index contributed by atoms with van der Waals surface area (Å²) in [5.74, 6) is -0.679. The van der Waals surface area contributed by atoms with Crippen LogP contribution in [0.25, 0.3) is 0 Å². The zero-order chi connectivity index (χ0) is 18.7. The third kappa shape index (κ3) is 3.59. The van der Waals surface area contributed by atoms with Crippen molar-refractivity contribution in [1.82, 2.24) is 0 Å². The molecule has 1 N–H and O–H groups in total. The van der Waals surface area contributed by atoms with Crippen molar-refractivity contribution in [3.05, 3.63) is 64.2 Å². The van der Waals surface area contributed by atoms with Crippen LogP contribution in [0, 0.1) is 17.0 Å². The van der Waals surface area contributed by atoms with Crippen LogP contribution in [0.4, 0.5) is 17.1 Å². The zero-order valence-corrected chi connectivity index (χ0v) is 14.0. The predicted octanol–water partition coefficient (Wildman–Crippen LogP) is 3.02. The summed E-state index contributed by atoms with van der Waals surface area (Å²) in [6.45, 7) is 1.74. The van der Waals surface area contributed by atoms with E-state index in [-0.39, 0.29) is 30.1 Å². The van der Waals surface area contributed by atoms with Crippen LogP contribution >= 0.6 is 0 Å². The number of nitro benzene ring substituents is 1. The number of hydrogen-bond donors (Lipinski definition) is 1. The van der Waals surface area contributed by atoms with Gasteiger partial charge in [-0.1, -0.05) is 24.3 Å². The van der Waals surface area contributed by atoms with Crippen LogP contribution in [-0.2, 0) is 9.59 Å². The molecule has 0 radical (unpaired) electrons. The van der Waals surface area contributed by atoms with E-state index >= 15 is 0 Å². The standard InChI is InChI=1S/C18H16N4O4/c1-12-7-8-14(22(25)26)11-16(12)19-18(24)15-9-10-17(23)21(20-15)13-5-3-2-4-6-13/h2-8,11H,9-10H2,1H3,(H,19,24). The summed E-state index contributed by atoms with van der Waals surface area (Å²) in [5, 5.41) is 18.9. The molecule has 0 spiro atoms. The Kier molecular flexibility index (Phi) is 4.74. The Labute approximate surface area is 149 Å². The first-order valence-corrected chi connectivity index (χ1v) is 7.97. The van der Waals surface area contributed by atoms with Gasteiger partial charge in [0.05, 0.1) is 16.3 Å². The highest BCUT2D eigenvalue weighted by molar-refractivity contribution is 6.44. The maximum Gasteiger partial charge on any atom is 0.271 e. The minimum absolute atomic E-state index is 0.113. The van der Waals surface area contributed by atoms with Gasteiger partial charge in [-0.3, -0.25) is 19.7 Å². The summed E-state index contributed by atoms with van der Waals surface area (Å²) in [6.07, 6.45) is 0.372. The molecule has 3 rings (SSSR count). The molecule has 1 aliphatic rings. The number of nitro groups is 1. The Bertz CT molecular complexity index is 909. The number of nitrogens with zero attached hydrogens (tertiary/aromatic N) is 3. The molecule has 0 aromatic heterocycles. The molecule has 2 aromatic rings. The first kappa shape index (κ1) is 17.3. The average Bonchev–Trinajstić information content (AvgIpc) is 2.64. The van der Waals surface area contributed by atoms with E-state index in [1.807, 2.05) is 6.07 Å². The number of hydrogen-bond acceptors (Lipinski definition) is 5. The molecule has 2 aromatic carbocycles. The molecule has 0 aliphatic carbocycles. The number of benzene rings is 2. The number of amides is 2. The highest BCUT2D eigenvalue weighted by Crippen LogP contribution is 2.23. The van der Waals surface area contributed by atoms with Gasteiger partial charge in [0.2, 0.25) is 5.91 Å². The van der Waals surface area contributed by atoms with Gasteiger partial charge in [-0.05, 0) is 24.6 Å². The lowest BCUT2D eigenvalue weighted by Crippen LogP contribution is -2.36. The lowest BCUT2D eigenvalue weighted by atomic mass is 10.1. The van der Waals surface area contributed by atoms with Crippen molar-refractivity contribution < 1.29 is 14.5 Å². The van der Waals surface area contributed by atoms with Gasteiger partial charge in [-0.2, -0.15) is 5.10 Å². The third-order valence-electron chi connectivity index (χ3n) is 3.98. The molecule has 0 saturated carbocycles. The maximum atomic E-state index is 12.5. The number of anilines is 2. The molecule has 1 heterocycles. The third-order valence-corrected chi connectivity index (χ3v) is 3.98. The number of nitrogens with one attached hydrogen (secondary N) is 1. The molecule has 0 saturated heterocycles. The highest BCUT2D eigenvalue weighted by Gasteiger charge is 2.26. The number of hydrazone groups is 1. The van der Waals surface area contributed by atoms with Crippen LogP contribution in [0.1, 0.15) is 18.4 Å². The Morgan fingerprint density at radius 2 is 1.92 bits per heavy atom. The van der Waals surface area contributed by atoms with Crippen LogP contribution in [0.15, 0.2) is 53.6 Å². The number of rotatable bonds is 4. The lowest BCUT2D eigenvalue weighted by molar-refractivity contribution is -0.384. The molecular formula is C18H16N4O4. The second kappa shape index (κ2) is 7.14. The fourth-order valence-corrected chi connectivity index (χ4v) is 2.54. The zero-order valence-electron chi connectivity index (χ0n) is 14.0. The summed E-state index contributed by atoms with van der Waals surface area (Å²) in [4.78, 5) is 35.0. The summed E-state index contributed by atoms with van der Waals surface area (Å²) in [7, 11) is 0. The SMILES string of the molecule is Cc1ccc([N+](=O)[O-])cc1NC(=O)C1=NN(c2ccccc2)C(=O)CC1. The second-order valence-electron chi connectivity index (χ2n) is 5.80. The largest absolute Gasteiger partial charge is 0.320 e. The highest BCUT2D eigenvalue weighted by atomic mass is 16.6. The monoisotopic (exact) mass is 352 g/mol. The van der Waals surface area contributed by atoms with Crippen molar-refractivity contribution in [2.45, 2.75) is 19.8 Å². The van der Waals surface area contributed by atoms with E-state index in [1.165, 1.54) is 17.1 Å². The second-order valence-corrected chi connectivity index (χ2v) is 5.80. The topological polar surface area (TPSA) is 105 Å². The van der Waals surface area contributed by atoms with Gasteiger partial charge in [-0.15, -0.1) is 0 Å². The van der Waals surface area contributed by atoms with Crippen LogP contribution in [-0.4, -0.2) is 22.4 Å². The Morgan fingerprint density at radius 3 is 2.62 bits per heavy atom. The Hall–Kier alpha value is -3.55. The van der Waals surface area contributed by atoms with Crippen molar-refractivity contribution in [2.24, 2.45) is 5.10 Å². The quantitative estimate of drug-likeness (QED) is 0.674. The van der Waals surface area contributed by atoms with Gasteiger partial charge in [0.1, 0.15) is 5.71 Å². The number of carbonyl (C=O) groups excluding carboxylic acids is 2. The molecule has 26 heavy (non-hydrogen) atoms. The fourth-order valence-electron chi connectivity index (χ4n) is 2.54. The number of para-hydroxylation sites is 1. The minimum Gasteiger partial charge on any atom is -0.320 e. The molecule has 0 bridgehead atoms. The van der Waals surface area contributed by atoms with Crippen molar-refractivity contribution in [3.63, 3.8) is 0 Å². The predicted molar refractivity (Wildman–Crippen MR) is 97.1 cm³/mol. The van der Waals surface area contributed by atoms with Crippen molar-refractivity contribution in [3.8, 4) is 0 Å². The van der Waals surface area contributed by atoms with Crippen molar-refractivity contribution >= 4 is 34.6 Å². The van der Waals surface area contributed by atoms with Crippen LogP contribution in [0.5, 0.6) is 0 Å². The van der Waals surface area contributed by atoms with Gasteiger partial charge in [0.25, 0.3) is 11.6 Å². The van der Waals surface area contributed by atoms with Gasteiger partial charge < -0.3 is 5.32 Å². The molecule has 1 aliphatic heterocycles. The first-order valence-electron chi connectivity index (χ1n) is 7.97. The summed E-state index contributed by atoms with van der Waals surface area (Å²) < 4.78 is 0. The number of aryl methyl sites for hydroxylation is 1. The molecular weight excluding hydrogens is 336 g/mol. The molecule has 0 fully saturated rings. The van der Waals surface area contributed by atoms with E-state index in [0.717, 1.165) is 0 Å². The van der Waals surface area contributed by atoms with Gasteiger partial charge in [-0.25, -0.2) is 5.01 Å². The van der Waals surface area contributed by atoms with Crippen LogP contribution in [0.2, 0.25) is 0 Å². The smallest absolute Gasteiger partial charge is 0.271 e. The van der Waals surface area contributed by atoms with E-state index in [0.29, 0.717) is 16.9 Å². The van der Waals surface area contributed by atoms with E-state index in [1.54, 1.807) is 37.3 Å². The van der Waals surface area contributed by atoms with E-state index < -0.39 is 10.8 Å².